The van der Waals surface area contributed by atoms with Gasteiger partial charge in [0.05, 0.1) is 8.07 Å². The monoisotopic (exact) mass is 270 g/mol. The van der Waals surface area contributed by atoms with Crippen LogP contribution in [0.5, 0.6) is 0 Å². The highest BCUT2D eigenvalue weighted by atomic mass is 28.3. The summed E-state index contributed by atoms with van der Waals surface area (Å²) < 4.78 is 0. The van der Waals surface area contributed by atoms with Crippen molar-refractivity contribution in [2.24, 2.45) is 0 Å². The molecule has 0 aromatic heterocycles. The summed E-state index contributed by atoms with van der Waals surface area (Å²) in [6.07, 6.45) is 19.4. The Bertz CT molecular complexity index is 466. The van der Waals surface area contributed by atoms with Crippen LogP contribution in [0.4, 0.5) is 0 Å². The van der Waals surface area contributed by atoms with Gasteiger partial charge in [-0.1, -0.05) is 55.5 Å². The van der Waals surface area contributed by atoms with Gasteiger partial charge in [0.15, 0.2) is 0 Å². The molecule has 0 amide bonds. The van der Waals surface area contributed by atoms with Crippen LogP contribution in [-0.4, -0.2) is 8.07 Å². The SMILES string of the molecule is CC1=CC([Si](C)(C)C2C=C3CCCCCC3=C2)C=C1. The van der Waals surface area contributed by atoms with Gasteiger partial charge in [-0.15, -0.1) is 0 Å². The van der Waals surface area contributed by atoms with E-state index in [1.165, 1.54) is 37.7 Å². The molecule has 1 fully saturated rings. The standard InChI is InChI=1S/C18H26Si/c1-14-9-10-17(11-14)19(2,3)18-12-15-7-5-4-6-8-16(15)13-18/h9-13,17-18H,4-8H2,1-3H3. The molecule has 0 heterocycles. The predicted octanol–water partition coefficient (Wildman–Crippen LogP) is 5.78. The van der Waals surface area contributed by atoms with E-state index in [0.29, 0.717) is 0 Å². The molecule has 0 aliphatic heterocycles. The van der Waals surface area contributed by atoms with Crippen molar-refractivity contribution < 1.29 is 0 Å². The summed E-state index contributed by atoms with van der Waals surface area (Å²) in [5, 5.41) is 0. The van der Waals surface area contributed by atoms with Gasteiger partial charge < -0.3 is 0 Å². The molecule has 19 heavy (non-hydrogen) atoms. The Kier molecular flexibility index (Phi) is 3.42. The van der Waals surface area contributed by atoms with E-state index in [2.05, 4.69) is 50.4 Å². The zero-order chi connectivity index (χ0) is 13.5. The molecule has 102 valence electrons. The van der Waals surface area contributed by atoms with Crippen LogP contribution in [-0.2, 0) is 0 Å². The fourth-order valence-corrected chi connectivity index (χ4v) is 6.75. The van der Waals surface area contributed by atoms with E-state index >= 15 is 0 Å². The van der Waals surface area contributed by atoms with Crippen molar-refractivity contribution in [2.75, 3.05) is 0 Å². The van der Waals surface area contributed by atoms with Crippen LogP contribution in [0.25, 0.3) is 0 Å². The summed E-state index contributed by atoms with van der Waals surface area (Å²) >= 11 is 0. The maximum Gasteiger partial charge on any atom is 0.0699 e. The van der Waals surface area contributed by atoms with Crippen LogP contribution in [0.1, 0.15) is 39.0 Å². The molecule has 3 aliphatic carbocycles. The lowest BCUT2D eigenvalue weighted by atomic mass is 10.1. The molecular formula is C18H26Si. The average molecular weight is 270 g/mol. The summed E-state index contributed by atoms with van der Waals surface area (Å²) in [5.74, 6) is 0. The molecule has 0 saturated heterocycles. The minimum Gasteiger partial charge on any atom is -0.0800 e. The first kappa shape index (κ1) is 13.2. The molecule has 0 N–H and O–H groups in total. The van der Waals surface area contributed by atoms with Crippen LogP contribution in [0.15, 0.2) is 47.1 Å². The van der Waals surface area contributed by atoms with Gasteiger partial charge in [0.1, 0.15) is 0 Å². The number of rotatable bonds is 2. The number of allylic oxidation sites excluding steroid dienone is 8. The van der Waals surface area contributed by atoms with Crippen LogP contribution < -0.4 is 0 Å². The Morgan fingerprint density at radius 1 is 0.895 bits per heavy atom. The van der Waals surface area contributed by atoms with Crippen molar-refractivity contribution in [2.45, 2.75) is 63.2 Å². The summed E-state index contributed by atoms with van der Waals surface area (Å²) in [6, 6.07) is 0. The highest BCUT2D eigenvalue weighted by molar-refractivity contribution is 6.82. The molecule has 1 heteroatoms. The normalized spacial score (nSPS) is 27.7. The molecule has 3 rings (SSSR count). The van der Waals surface area contributed by atoms with Crippen LogP contribution in [0.3, 0.4) is 0 Å². The first-order valence-electron chi connectivity index (χ1n) is 7.86. The molecule has 1 saturated carbocycles. The second kappa shape index (κ2) is 4.94. The third kappa shape index (κ3) is 2.45. The van der Waals surface area contributed by atoms with Crippen LogP contribution in [0.2, 0.25) is 24.2 Å². The van der Waals surface area contributed by atoms with E-state index in [1.54, 1.807) is 11.1 Å². The van der Waals surface area contributed by atoms with Gasteiger partial charge >= 0.3 is 0 Å². The highest BCUT2D eigenvalue weighted by Gasteiger charge is 2.38. The average Bonchev–Trinajstić information content (AvgIpc) is 2.92. The molecule has 0 aromatic rings. The smallest absolute Gasteiger partial charge is 0.0699 e. The first-order chi connectivity index (χ1) is 9.07. The summed E-state index contributed by atoms with van der Waals surface area (Å²) in [6.45, 7) is 7.37. The van der Waals surface area contributed by atoms with E-state index in [1.807, 2.05) is 0 Å². The number of hydrogen-bond donors (Lipinski definition) is 0. The van der Waals surface area contributed by atoms with E-state index in [0.717, 1.165) is 11.1 Å². The van der Waals surface area contributed by atoms with E-state index < -0.39 is 8.07 Å². The largest absolute Gasteiger partial charge is 0.0800 e. The van der Waals surface area contributed by atoms with Gasteiger partial charge in [-0.05, 0) is 54.8 Å². The molecule has 1 atom stereocenters. The topological polar surface area (TPSA) is 0 Å². The Morgan fingerprint density at radius 3 is 2.05 bits per heavy atom. The number of fused-ring (bicyclic) bond motifs is 1. The fourth-order valence-electron chi connectivity index (χ4n) is 3.76. The van der Waals surface area contributed by atoms with Crippen molar-refractivity contribution in [1.82, 2.24) is 0 Å². The summed E-state index contributed by atoms with van der Waals surface area (Å²) in [7, 11) is -1.30. The lowest BCUT2D eigenvalue weighted by Gasteiger charge is -2.31. The minimum atomic E-state index is -1.30. The Morgan fingerprint density at radius 2 is 1.53 bits per heavy atom. The van der Waals surface area contributed by atoms with Crippen molar-refractivity contribution in [3.63, 3.8) is 0 Å². The van der Waals surface area contributed by atoms with Gasteiger partial charge in [0.25, 0.3) is 0 Å². The molecule has 0 nitrogen and oxygen atoms in total. The summed E-state index contributed by atoms with van der Waals surface area (Å²) in [5.41, 5.74) is 6.34. The second-order valence-electron chi connectivity index (χ2n) is 7.09. The summed E-state index contributed by atoms with van der Waals surface area (Å²) in [4.78, 5) is 0. The third-order valence-electron chi connectivity index (χ3n) is 5.29. The molecule has 0 radical (unpaired) electrons. The zero-order valence-corrected chi connectivity index (χ0v) is 13.6. The first-order valence-corrected chi connectivity index (χ1v) is 11.0. The lowest BCUT2D eigenvalue weighted by molar-refractivity contribution is 0.717. The zero-order valence-electron chi connectivity index (χ0n) is 12.6. The Hall–Kier alpha value is -0.823. The minimum absolute atomic E-state index is 0.730. The molecule has 3 aliphatic rings. The van der Waals surface area contributed by atoms with Crippen molar-refractivity contribution in [3.05, 3.63) is 47.1 Å². The van der Waals surface area contributed by atoms with Gasteiger partial charge in [-0.2, -0.15) is 0 Å². The fraction of sp³-hybridized carbons (Fsp3) is 0.556. The van der Waals surface area contributed by atoms with Crippen molar-refractivity contribution >= 4 is 8.07 Å². The second-order valence-corrected chi connectivity index (χ2v) is 12.1. The van der Waals surface area contributed by atoms with E-state index in [-0.39, 0.29) is 0 Å². The number of hydrogen-bond acceptors (Lipinski definition) is 0. The molecule has 1 unspecified atom stereocenters. The van der Waals surface area contributed by atoms with Crippen molar-refractivity contribution in [3.8, 4) is 0 Å². The quantitative estimate of drug-likeness (QED) is 0.558. The predicted molar refractivity (Wildman–Crippen MR) is 87.1 cm³/mol. The van der Waals surface area contributed by atoms with Gasteiger partial charge in [0, 0.05) is 0 Å². The van der Waals surface area contributed by atoms with E-state index in [9.17, 15) is 0 Å². The van der Waals surface area contributed by atoms with E-state index in [4.69, 9.17) is 0 Å². The van der Waals surface area contributed by atoms with Crippen molar-refractivity contribution in [1.29, 1.82) is 0 Å². The Labute approximate surface area is 119 Å². The maximum absolute atomic E-state index is 2.64. The highest BCUT2D eigenvalue weighted by Crippen LogP contribution is 2.46. The Balaban J connectivity index is 1.84. The van der Waals surface area contributed by atoms with Gasteiger partial charge in [-0.3, -0.25) is 0 Å². The van der Waals surface area contributed by atoms with Gasteiger partial charge in [-0.25, -0.2) is 0 Å². The van der Waals surface area contributed by atoms with Crippen LogP contribution >= 0.6 is 0 Å². The molecule has 0 aromatic carbocycles. The lowest BCUT2D eigenvalue weighted by Crippen LogP contribution is -2.34. The van der Waals surface area contributed by atoms with Crippen LogP contribution in [0, 0.1) is 0 Å². The molecule has 0 spiro atoms. The molecule has 0 bridgehead atoms. The maximum atomic E-state index is 2.64. The molecular weight excluding hydrogens is 244 g/mol. The third-order valence-corrected chi connectivity index (χ3v) is 9.42. The van der Waals surface area contributed by atoms with Gasteiger partial charge in [0.2, 0.25) is 0 Å².